The number of fused-ring (bicyclic) bond motifs is 1. The number of guanidine groups is 1. The lowest BCUT2D eigenvalue weighted by Crippen LogP contribution is -2.37. The first-order valence-corrected chi connectivity index (χ1v) is 10.6. The van der Waals surface area contributed by atoms with Crippen LogP contribution in [-0.4, -0.2) is 35.4 Å². The van der Waals surface area contributed by atoms with Crippen LogP contribution in [0.15, 0.2) is 21.6 Å². The molecule has 164 valence electrons. The summed E-state index contributed by atoms with van der Waals surface area (Å²) in [7, 11) is 0. The number of benzene rings is 1. The summed E-state index contributed by atoms with van der Waals surface area (Å²) in [5, 5.41) is 10.6. The Morgan fingerprint density at radius 2 is 2.07 bits per heavy atom. The van der Waals surface area contributed by atoms with E-state index in [1.807, 2.05) is 40.7 Å². The van der Waals surface area contributed by atoms with E-state index in [1.165, 1.54) is 5.56 Å². The zero-order valence-electron chi connectivity index (χ0n) is 18.8. The number of hydrogen-bond acceptors (Lipinski definition) is 6. The van der Waals surface area contributed by atoms with Crippen molar-refractivity contribution in [1.29, 1.82) is 0 Å². The van der Waals surface area contributed by atoms with Gasteiger partial charge in [-0.2, -0.15) is 4.98 Å². The zero-order valence-corrected chi connectivity index (χ0v) is 18.8. The second-order valence-corrected chi connectivity index (χ2v) is 8.45. The van der Waals surface area contributed by atoms with Crippen LogP contribution in [0.3, 0.4) is 0 Å². The molecule has 30 heavy (non-hydrogen) atoms. The molecule has 0 radical (unpaired) electrons. The number of nitrogens with zero attached hydrogens (tertiary/aromatic N) is 3. The molecule has 0 spiro atoms. The third kappa shape index (κ3) is 5.43. The molecule has 1 aliphatic rings. The molecule has 2 heterocycles. The van der Waals surface area contributed by atoms with Crippen LogP contribution >= 0.6 is 0 Å². The molecule has 1 atom stereocenters. The van der Waals surface area contributed by atoms with E-state index in [-0.39, 0.29) is 11.5 Å². The van der Waals surface area contributed by atoms with Gasteiger partial charge in [-0.05, 0) is 32.9 Å². The highest BCUT2D eigenvalue weighted by Gasteiger charge is 2.23. The van der Waals surface area contributed by atoms with Gasteiger partial charge in [0.1, 0.15) is 17.6 Å². The fraction of sp³-hybridized carbons (Fsp3) is 0.591. The van der Waals surface area contributed by atoms with E-state index in [9.17, 15) is 0 Å². The molecule has 8 heteroatoms. The van der Waals surface area contributed by atoms with Gasteiger partial charge >= 0.3 is 0 Å². The Bertz CT molecular complexity index is 885. The van der Waals surface area contributed by atoms with Crippen molar-refractivity contribution in [2.24, 2.45) is 4.99 Å². The molecule has 0 saturated carbocycles. The molecule has 1 aromatic heterocycles. The maximum Gasteiger partial charge on any atom is 0.232 e. The van der Waals surface area contributed by atoms with Crippen molar-refractivity contribution >= 4 is 5.96 Å². The number of rotatable bonds is 7. The Morgan fingerprint density at radius 1 is 1.27 bits per heavy atom. The standard InChI is InChI=1S/C22H33N5O3/c1-7-23-21(25-13-19-26-20(30-27-19)22(4,5)6)24-12-16-11-18-15(9-14(3)29-18)10-17(16)28-8-2/h10-11,14H,7-9,12-13H2,1-6H3,(H2,23,24,25). The van der Waals surface area contributed by atoms with E-state index >= 15 is 0 Å². The molecule has 0 aliphatic carbocycles. The molecular formula is C22H33N5O3. The van der Waals surface area contributed by atoms with Crippen LogP contribution < -0.4 is 20.1 Å². The molecule has 3 rings (SSSR count). The lowest BCUT2D eigenvalue weighted by atomic mass is 9.97. The van der Waals surface area contributed by atoms with E-state index in [1.54, 1.807) is 0 Å². The summed E-state index contributed by atoms with van der Waals surface area (Å²) in [6.07, 6.45) is 1.10. The second-order valence-electron chi connectivity index (χ2n) is 8.45. The van der Waals surface area contributed by atoms with Crippen LogP contribution in [0.2, 0.25) is 0 Å². The van der Waals surface area contributed by atoms with Crippen molar-refractivity contribution in [1.82, 2.24) is 20.8 Å². The van der Waals surface area contributed by atoms with Crippen LogP contribution in [-0.2, 0) is 24.9 Å². The summed E-state index contributed by atoms with van der Waals surface area (Å²) in [6.45, 7) is 14.5. The Balaban J connectivity index is 1.71. The SMILES string of the molecule is CCNC(=NCc1cc2c(cc1OCC)CC(C)O2)NCc1noc(C(C)(C)C)n1. The quantitative estimate of drug-likeness (QED) is 0.529. The minimum Gasteiger partial charge on any atom is -0.494 e. The minimum absolute atomic E-state index is 0.174. The van der Waals surface area contributed by atoms with E-state index < -0.39 is 0 Å². The maximum absolute atomic E-state index is 5.91. The van der Waals surface area contributed by atoms with Gasteiger partial charge in [-0.3, -0.25) is 0 Å². The fourth-order valence-corrected chi connectivity index (χ4v) is 3.19. The molecule has 1 aliphatic heterocycles. The van der Waals surface area contributed by atoms with Gasteiger partial charge in [0.2, 0.25) is 5.89 Å². The van der Waals surface area contributed by atoms with Gasteiger partial charge < -0.3 is 24.6 Å². The van der Waals surface area contributed by atoms with Crippen LogP contribution in [0.5, 0.6) is 11.5 Å². The average molecular weight is 416 g/mol. The van der Waals surface area contributed by atoms with E-state index in [0.29, 0.717) is 37.4 Å². The molecule has 2 N–H and O–H groups in total. The Morgan fingerprint density at radius 3 is 2.73 bits per heavy atom. The van der Waals surface area contributed by atoms with Gasteiger partial charge in [-0.1, -0.05) is 25.9 Å². The normalized spacial score (nSPS) is 16.2. The fourth-order valence-electron chi connectivity index (χ4n) is 3.19. The van der Waals surface area contributed by atoms with Gasteiger partial charge in [0, 0.05) is 29.5 Å². The summed E-state index contributed by atoms with van der Waals surface area (Å²) >= 11 is 0. The van der Waals surface area contributed by atoms with E-state index in [2.05, 4.69) is 33.8 Å². The van der Waals surface area contributed by atoms with E-state index in [0.717, 1.165) is 30.0 Å². The Labute approximate surface area is 178 Å². The third-order valence-corrected chi connectivity index (χ3v) is 4.65. The first kappa shape index (κ1) is 21.9. The van der Waals surface area contributed by atoms with Crippen LogP contribution in [0.1, 0.15) is 64.4 Å². The molecule has 1 unspecified atom stereocenters. The van der Waals surface area contributed by atoms with Gasteiger partial charge in [0.05, 0.1) is 19.7 Å². The van der Waals surface area contributed by atoms with Gasteiger partial charge in [-0.25, -0.2) is 4.99 Å². The molecule has 0 amide bonds. The Hall–Kier alpha value is -2.77. The van der Waals surface area contributed by atoms with Crippen molar-refractivity contribution in [3.8, 4) is 11.5 Å². The molecule has 8 nitrogen and oxygen atoms in total. The average Bonchev–Trinajstić information content (AvgIpc) is 3.29. The second kappa shape index (κ2) is 9.36. The molecule has 1 aromatic carbocycles. The number of aliphatic imine (C=N–C) groups is 1. The van der Waals surface area contributed by atoms with E-state index in [4.69, 9.17) is 19.0 Å². The van der Waals surface area contributed by atoms with Crippen LogP contribution in [0.25, 0.3) is 0 Å². The zero-order chi connectivity index (χ0) is 21.7. The predicted octanol–water partition coefficient (Wildman–Crippen LogP) is 3.34. The number of aromatic nitrogens is 2. The summed E-state index contributed by atoms with van der Waals surface area (Å²) in [5.41, 5.74) is 2.01. The summed E-state index contributed by atoms with van der Waals surface area (Å²) in [4.78, 5) is 9.17. The highest BCUT2D eigenvalue weighted by molar-refractivity contribution is 5.79. The van der Waals surface area contributed by atoms with Crippen molar-refractivity contribution in [3.63, 3.8) is 0 Å². The van der Waals surface area contributed by atoms with Crippen LogP contribution in [0, 0.1) is 0 Å². The molecule has 0 saturated heterocycles. The van der Waals surface area contributed by atoms with Gasteiger partial charge in [0.25, 0.3) is 0 Å². The first-order valence-electron chi connectivity index (χ1n) is 10.6. The van der Waals surface area contributed by atoms with Crippen LogP contribution in [0.4, 0.5) is 0 Å². The molecule has 2 aromatic rings. The van der Waals surface area contributed by atoms with Gasteiger partial charge in [-0.15, -0.1) is 0 Å². The monoisotopic (exact) mass is 415 g/mol. The predicted molar refractivity (Wildman–Crippen MR) is 116 cm³/mol. The molecule has 0 bridgehead atoms. The van der Waals surface area contributed by atoms with Gasteiger partial charge in [0.15, 0.2) is 11.8 Å². The summed E-state index contributed by atoms with van der Waals surface area (Å²) < 4.78 is 17.1. The summed E-state index contributed by atoms with van der Waals surface area (Å²) in [5.74, 6) is 3.68. The van der Waals surface area contributed by atoms with Crippen molar-refractivity contribution in [3.05, 3.63) is 35.0 Å². The molecule has 0 fully saturated rings. The number of nitrogens with one attached hydrogen (secondary N) is 2. The lowest BCUT2D eigenvalue weighted by molar-refractivity contribution is 0.254. The number of ether oxygens (including phenoxy) is 2. The lowest BCUT2D eigenvalue weighted by Gasteiger charge is -2.13. The van der Waals surface area contributed by atoms with Crippen molar-refractivity contribution in [2.75, 3.05) is 13.2 Å². The molecular weight excluding hydrogens is 382 g/mol. The van der Waals surface area contributed by atoms with Crippen molar-refractivity contribution < 1.29 is 14.0 Å². The maximum atomic E-state index is 5.91. The highest BCUT2D eigenvalue weighted by atomic mass is 16.5. The first-order chi connectivity index (χ1) is 14.3. The topological polar surface area (TPSA) is 93.8 Å². The summed E-state index contributed by atoms with van der Waals surface area (Å²) in [6, 6.07) is 4.13. The van der Waals surface area contributed by atoms with Crippen molar-refractivity contribution in [2.45, 2.75) is 72.6 Å². The minimum atomic E-state index is -0.174. The third-order valence-electron chi connectivity index (χ3n) is 4.65. The number of hydrogen-bond donors (Lipinski definition) is 2. The smallest absolute Gasteiger partial charge is 0.232 e. The largest absolute Gasteiger partial charge is 0.494 e. The highest BCUT2D eigenvalue weighted by Crippen LogP contribution is 2.35. The Kier molecular flexibility index (Phi) is 6.84.